The fourth-order valence-electron chi connectivity index (χ4n) is 6.10. The molecule has 5 rings (SSSR count). The number of hydrazone groups is 1. The third-order valence-corrected chi connectivity index (χ3v) is 8.62. The van der Waals surface area contributed by atoms with Crippen LogP contribution in [0.15, 0.2) is 47.6 Å². The second kappa shape index (κ2) is 13.2. The summed E-state index contributed by atoms with van der Waals surface area (Å²) >= 11 is 0. The van der Waals surface area contributed by atoms with E-state index in [9.17, 15) is 19.2 Å². The van der Waals surface area contributed by atoms with Gasteiger partial charge in [0.25, 0.3) is 5.91 Å². The number of carbonyl (C=O) groups excluding carboxylic acids is 4. The van der Waals surface area contributed by atoms with E-state index in [-0.39, 0.29) is 18.7 Å². The topological polar surface area (TPSA) is 132 Å². The summed E-state index contributed by atoms with van der Waals surface area (Å²) in [6.45, 7) is 8.82. The maximum atomic E-state index is 12.2. The largest absolute Gasteiger partial charge is 0.372 e. The normalized spacial score (nSPS) is 20.5. The van der Waals surface area contributed by atoms with E-state index in [4.69, 9.17) is 5.73 Å². The zero-order chi connectivity index (χ0) is 29.6. The van der Waals surface area contributed by atoms with Gasteiger partial charge in [0.15, 0.2) is 0 Å². The number of imide groups is 1. The van der Waals surface area contributed by atoms with Crippen LogP contribution in [0.5, 0.6) is 0 Å². The standard InChI is InChI=1S/C31H39N7O4/c1-22-3-2-4-27(26(22)19-33-38(21-39)28-9-10-29(40)34-31(28)42)37-17-15-35(16-18-37)20-23-11-13-36(14-12-23)25-7-5-24(6-8-25)30(32)41/h2-8,19,21,23,28H,9-18,20H2,1H3,(H2,32,41)(H,34,40,42)/b33-19-. The molecule has 3 aliphatic heterocycles. The van der Waals surface area contributed by atoms with E-state index >= 15 is 0 Å². The Balaban J connectivity index is 1.14. The Kier molecular flexibility index (Phi) is 9.16. The van der Waals surface area contributed by atoms with Crippen molar-refractivity contribution in [3.8, 4) is 0 Å². The SMILES string of the molecule is Cc1cccc(N2CCN(CC3CCN(c4ccc(C(N)=O)cc4)CC3)CC2)c1/C=N\N(C=O)C1CCC(=O)NC1=O. The molecule has 0 saturated carbocycles. The molecule has 2 aromatic rings. The van der Waals surface area contributed by atoms with Crippen LogP contribution in [0.4, 0.5) is 11.4 Å². The maximum Gasteiger partial charge on any atom is 0.251 e. The van der Waals surface area contributed by atoms with Gasteiger partial charge in [0, 0.05) is 74.7 Å². The third-order valence-electron chi connectivity index (χ3n) is 8.62. The van der Waals surface area contributed by atoms with Gasteiger partial charge < -0.3 is 15.5 Å². The first kappa shape index (κ1) is 29.2. The number of aryl methyl sites for hydroxylation is 1. The van der Waals surface area contributed by atoms with E-state index in [2.05, 4.69) is 31.2 Å². The van der Waals surface area contributed by atoms with Crippen molar-refractivity contribution in [3.63, 3.8) is 0 Å². The number of hydrogen-bond donors (Lipinski definition) is 2. The Morgan fingerprint density at radius 2 is 1.71 bits per heavy atom. The van der Waals surface area contributed by atoms with Gasteiger partial charge in [-0.05, 0) is 68.0 Å². The average Bonchev–Trinajstić information content (AvgIpc) is 3.00. The molecule has 3 N–H and O–H groups in total. The van der Waals surface area contributed by atoms with Crippen molar-refractivity contribution in [2.75, 3.05) is 55.6 Å². The zero-order valence-electron chi connectivity index (χ0n) is 24.1. The number of anilines is 2. The molecule has 0 aliphatic carbocycles. The van der Waals surface area contributed by atoms with Gasteiger partial charge in [-0.1, -0.05) is 12.1 Å². The van der Waals surface area contributed by atoms with Gasteiger partial charge in [0.1, 0.15) is 6.04 Å². The quantitative estimate of drug-likeness (QED) is 0.202. The number of nitrogens with zero attached hydrogens (tertiary/aromatic N) is 5. The summed E-state index contributed by atoms with van der Waals surface area (Å²) in [7, 11) is 0. The van der Waals surface area contributed by atoms with Crippen LogP contribution >= 0.6 is 0 Å². The maximum absolute atomic E-state index is 12.2. The Labute approximate surface area is 246 Å². The lowest BCUT2D eigenvalue weighted by Crippen LogP contribution is -2.50. The number of rotatable bonds is 9. The Morgan fingerprint density at radius 1 is 1.00 bits per heavy atom. The van der Waals surface area contributed by atoms with Crippen molar-refractivity contribution in [3.05, 3.63) is 59.2 Å². The summed E-state index contributed by atoms with van der Waals surface area (Å²) in [5.74, 6) is -0.575. The summed E-state index contributed by atoms with van der Waals surface area (Å²) < 4.78 is 0. The molecule has 2 aromatic carbocycles. The predicted octanol–water partition coefficient (Wildman–Crippen LogP) is 1.73. The predicted molar refractivity (Wildman–Crippen MR) is 161 cm³/mol. The molecule has 0 radical (unpaired) electrons. The van der Waals surface area contributed by atoms with Gasteiger partial charge in [0.2, 0.25) is 18.2 Å². The molecule has 3 saturated heterocycles. The fraction of sp³-hybridized carbons (Fsp3) is 0.452. The van der Waals surface area contributed by atoms with Gasteiger partial charge >= 0.3 is 0 Å². The average molecular weight is 574 g/mol. The molecule has 1 atom stereocenters. The van der Waals surface area contributed by atoms with E-state index in [0.29, 0.717) is 17.9 Å². The number of piperazine rings is 1. The van der Waals surface area contributed by atoms with Gasteiger partial charge in [-0.15, -0.1) is 0 Å². The van der Waals surface area contributed by atoms with Crippen LogP contribution in [0.2, 0.25) is 0 Å². The number of primary amides is 1. The van der Waals surface area contributed by atoms with Gasteiger partial charge in [-0.25, -0.2) is 5.01 Å². The lowest BCUT2D eigenvalue weighted by atomic mass is 9.95. The molecule has 0 spiro atoms. The highest BCUT2D eigenvalue weighted by Gasteiger charge is 2.31. The molecule has 42 heavy (non-hydrogen) atoms. The van der Waals surface area contributed by atoms with E-state index in [1.54, 1.807) is 18.3 Å². The van der Waals surface area contributed by atoms with Crippen molar-refractivity contribution in [1.82, 2.24) is 15.2 Å². The smallest absolute Gasteiger partial charge is 0.251 e. The molecule has 0 aromatic heterocycles. The first-order chi connectivity index (χ1) is 20.3. The highest BCUT2D eigenvalue weighted by molar-refractivity contribution is 6.01. The van der Waals surface area contributed by atoms with Crippen LogP contribution < -0.4 is 20.9 Å². The minimum Gasteiger partial charge on any atom is -0.372 e. The molecule has 3 fully saturated rings. The summed E-state index contributed by atoms with van der Waals surface area (Å²) in [5, 5.41) is 7.76. The van der Waals surface area contributed by atoms with Gasteiger partial charge in [0.05, 0.1) is 6.21 Å². The first-order valence-electron chi connectivity index (χ1n) is 14.7. The Morgan fingerprint density at radius 3 is 2.36 bits per heavy atom. The van der Waals surface area contributed by atoms with Crippen molar-refractivity contribution < 1.29 is 19.2 Å². The summed E-state index contributed by atoms with van der Waals surface area (Å²) in [6.07, 6.45) is 4.91. The third kappa shape index (κ3) is 6.79. The molecule has 11 nitrogen and oxygen atoms in total. The van der Waals surface area contributed by atoms with Crippen molar-refractivity contribution in [2.45, 2.75) is 38.6 Å². The second-order valence-corrected chi connectivity index (χ2v) is 11.3. The minimum absolute atomic E-state index is 0.182. The van der Waals surface area contributed by atoms with Crippen LogP contribution in [-0.2, 0) is 14.4 Å². The summed E-state index contributed by atoms with van der Waals surface area (Å²) in [4.78, 5) is 54.2. The highest BCUT2D eigenvalue weighted by atomic mass is 16.2. The van der Waals surface area contributed by atoms with E-state index in [0.717, 1.165) is 86.2 Å². The number of piperidine rings is 2. The van der Waals surface area contributed by atoms with E-state index in [1.807, 2.05) is 31.2 Å². The molecule has 11 heteroatoms. The number of benzene rings is 2. The number of hydrogen-bond acceptors (Lipinski definition) is 8. The zero-order valence-corrected chi connectivity index (χ0v) is 24.1. The molecule has 3 aliphatic rings. The molecular formula is C31H39N7O4. The van der Waals surface area contributed by atoms with Crippen LogP contribution in [0, 0.1) is 12.8 Å². The number of nitrogens with two attached hydrogens (primary N) is 1. The van der Waals surface area contributed by atoms with E-state index in [1.165, 1.54) is 0 Å². The number of carbonyl (C=O) groups is 4. The van der Waals surface area contributed by atoms with Crippen molar-refractivity contribution in [1.29, 1.82) is 0 Å². The molecule has 0 bridgehead atoms. The lowest BCUT2D eigenvalue weighted by Gasteiger charge is -2.40. The Bertz CT molecular complexity index is 1330. The van der Waals surface area contributed by atoms with Crippen LogP contribution in [0.25, 0.3) is 0 Å². The van der Waals surface area contributed by atoms with Crippen LogP contribution in [0.3, 0.4) is 0 Å². The number of nitrogens with one attached hydrogen (secondary N) is 1. The Hall–Kier alpha value is -4.25. The molecular weight excluding hydrogens is 534 g/mol. The van der Waals surface area contributed by atoms with Crippen LogP contribution in [-0.4, -0.2) is 92.1 Å². The van der Waals surface area contributed by atoms with Gasteiger partial charge in [-0.2, -0.15) is 5.10 Å². The van der Waals surface area contributed by atoms with Gasteiger partial charge in [-0.3, -0.25) is 29.4 Å². The lowest BCUT2D eigenvalue weighted by molar-refractivity contribution is -0.141. The monoisotopic (exact) mass is 573 g/mol. The first-order valence-corrected chi connectivity index (χ1v) is 14.7. The molecule has 222 valence electrons. The second-order valence-electron chi connectivity index (χ2n) is 11.3. The van der Waals surface area contributed by atoms with Crippen molar-refractivity contribution in [2.24, 2.45) is 16.8 Å². The summed E-state index contributed by atoms with van der Waals surface area (Å²) in [6, 6.07) is 12.9. The molecule has 1 unspecified atom stereocenters. The molecule has 4 amide bonds. The number of amides is 4. The fourth-order valence-corrected chi connectivity index (χ4v) is 6.10. The molecule has 3 heterocycles. The highest BCUT2D eigenvalue weighted by Crippen LogP contribution is 2.27. The minimum atomic E-state index is -0.790. The van der Waals surface area contributed by atoms with E-state index < -0.39 is 17.9 Å². The van der Waals surface area contributed by atoms with Crippen molar-refractivity contribution >= 4 is 41.7 Å². The van der Waals surface area contributed by atoms with Crippen LogP contribution in [0.1, 0.15) is 47.2 Å². The summed E-state index contributed by atoms with van der Waals surface area (Å²) in [5.41, 5.74) is 10.0.